The van der Waals surface area contributed by atoms with E-state index in [2.05, 4.69) is 80.1 Å². The van der Waals surface area contributed by atoms with E-state index in [1.165, 1.54) is 44.4 Å². The fourth-order valence-electron chi connectivity index (χ4n) is 4.86. The van der Waals surface area contributed by atoms with Crippen LogP contribution >= 0.6 is 0 Å². The van der Waals surface area contributed by atoms with Crippen molar-refractivity contribution >= 4 is 30.8 Å². The quantitative estimate of drug-likeness (QED) is 0.172. The second-order valence-corrected chi connectivity index (χ2v) is 12.4. The number of aliphatic hydroxyl groups excluding tert-OH is 1. The zero-order chi connectivity index (χ0) is 27.6. The summed E-state index contributed by atoms with van der Waals surface area (Å²) >= 11 is -0.0795. The van der Waals surface area contributed by atoms with E-state index in [1.54, 1.807) is 30.3 Å². The number of Topliss-reactive ketones (excluding diaryl/α,β-unsaturated/α-hetero) is 1. The number of rotatable bonds is 5. The molecular formula is C35H30O3Se. The van der Waals surface area contributed by atoms with Gasteiger partial charge in [-0.05, 0) is 0 Å². The minimum atomic E-state index is -1.33. The van der Waals surface area contributed by atoms with Crippen molar-refractivity contribution in [1.29, 1.82) is 0 Å². The number of hydrogen-bond acceptors (Lipinski definition) is 3. The fourth-order valence-corrected chi connectivity index (χ4v) is 6.12. The predicted octanol–water partition coefficient (Wildman–Crippen LogP) is 6.07. The topological polar surface area (TPSA) is 57.5 Å². The fraction of sp³-hybridized carbons (Fsp3) is 0.171. The molecule has 0 spiro atoms. The molecular weight excluding hydrogens is 547 g/mol. The van der Waals surface area contributed by atoms with Crippen molar-refractivity contribution in [3.8, 4) is 16.5 Å². The summed E-state index contributed by atoms with van der Waals surface area (Å²) in [6, 6.07) is 28.8. The van der Waals surface area contributed by atoms with Crippen LogP contribution in [0.5, 0.6) is 5.75 Å². The number of aliphatic hydroxyl groups is 1. The molecule has 0 saturated carbocycles. The van der Waals surface area contributed by atoms with Gasteiger partial charge >= 0.3 is 237 Å². The number of fused-ring (bicyclic) bond motifs is 1. The number of phenolic OH excluding ortho intramolecular Hbond substituents is 1. The van der Waals surface area contributed by atoms with Gasteiger partial charge in [0.05, 0.1) is 0 Å². The van der Waals surface area contributed by atoms with Crippen molar-refractivity contribution in [3.05, 3.63) is 136 Å². The first-order chi connectivity index (χ1) is 18.7. The van der Waals surface area contributed by atoms with Crippen LogP contribution in [0.4, 0.5) is 0 Å². The Morgan fingerprint density at radius 3 is 2.41 bits per heavy atom. The van der Waals surface area contributed by atoms with Gasteiger partial charge in [0.15, 0.2) is 0 Å². The van der Waals surface area contributed by atoms with E-state index >= 15 is 0 Å². The van der Waals surface area contributed by atoms with E-state index in [9.17, 15) is 15.0 Å². The van der Waals surface area contributed by atoms with Crippen LogP contribution in [-0.2, 0) is 5.41 Å². The molecule has 1 atom stereocenters. The summed E-state index contributed by atoms with van der Waals surface area (Å²) < 4.78 is 1.20. The molecule has 1 aliphatic rings. The van der Waals surface area contributed by atoms with E-state index in [-0.39, 0.29) is 31.7 Å². The minimum absolute atomic E-state index is 0.0432. The van der Waals surface area contributed by atoms with Crippen LogP contribution in [0.2, 0.25) is 0 Å². The Morgan fingerprint density at radius 2 is 1.69 bits per heavy atom. The molecule has 4 aromatic carbocycles. The summed E-state index contributed by atoms with van der Waals surface area (Å²) in [7, 11) is 0. The molecule has 0 radical (unpaired) electrons. The molecule has 4 heteroatoms. The molecule has 0 heterocycles. The Labute approximate surface area is 236 Å². The zero-order valence-electron chi connectivity index (χ0n) is 22.2. The number of hydrogen-bond donors (Lipinski definition) is 2. The van der Waals surface area contributed by atoms with Gasteiger partial charge in [0.2, 0.25) is 0 Å². The summed E-state index contributed by atoms with van der Waals surface area (Å²) in [4.78, 5) is 16.0. The first kappa shape index (κ1) is 26.7. The number of benzene rings is 4. The van der Waals surface area contributed by atoms with E-state index in [0.29, 0.717) is 11.1 Å². The molecule has 39 heavy (non-hydrogen) atoms. The molecule has 0 saturated heterocycles. The van der Waals surface area contributed by atoms with Crippen LogP contribution < -0.4 is 4.46 Å². The first-order valence-electron chi connectivity index (χ1n) is 12.9. The average molecular weight is 578 g/mol. The summed E-state index contributed by atoms with van der Waals surface area (Å²) in [5.74, 6) is 2.41. The van der Waals surface area contributed by atoms with Crippen LogP contribution in [-0.4, -0.2) is 31.0 Å². The molecule has 1 aliphatic carbocycles. The van der Waals surface area contributed by atoms with Crippen molar-refractivity contribution < 1.29 is 15.0 Å². The van der Waals surface area contributed by atoms with Crippen molar-refractivity contribution in [2.75, 3.05) is 0 Å². The maximum absolute atomic E-state index is 12.7. The molecule has 4 aromatic rings. The van der Waals surface area contributed by atoms with Gasteiger partial charge in [-0.3, -0.25) is 0 Å². The van der Waals surface area contributed by atoms with Gasteiger partial charge < -0.3 is 0 Å². The normalized spacial score (nSPS) is 14.4. The van der Waals surface area contributed by atoms with E-state index in [4.69, 9.17) is 0 Å². The summed E-state index contributed by atoms with van der Waals surface area (Å²) in [6.45, 7) is 6.69. The number of carbonyl (C=O) groups is 1. The Bertz CT molecular complexity index is 1620. The van der Waals surface area contributed by atoms with E-state index in [0.717, 1.165) is 6.42 Å². The second-order valence-electron chi connectivity index (χ2n) is 10.5. The Kier molecular flexibility index (Phi) is 7.60. The number of allylic oxidation sites excluding steroid dienone is 1. The molecule has 0 amide bonds. The number of aryl methyl sites for hydroxylation is 1. The maximum atomic E-state index is 12.7. The summed E-state index contributed by atoms with van der Waals surface area (Å²) in [6.07, 6.45) is 2.01. The third-order valence-electron chi connectivity index (χ3n) is 7.18. The van der Waals surface area contributed by atoms with Gasteiger partial charge in [-0.1, -0.05) is 0 Å². The molecule has 0 bridgehead atoms. The van der Waals surface area contributed by atoms with Crippen LogP contribution in [0.25, 0.3) is 5.57 Å². The number of aromatic hydroxyl groups is 1. The van der Waals surface area contributed by atoms with Gasteiger partial charge in [-0.2, -0.15) is 0 Å². The monoisotopic (exact) mass is 578 g/mol. The standard InChI is InChI=1S/C35H30O3Se/c1-23-9-12-25(13-10-23)28-17-19-35(2,3)31-22-27(14-16-29(28)31)39-20-18-24-11-15-30(32(36)21-24)34(38)33(37)26-7-5-4-6-8-26/h4-17,21-22,33,36-37H,19H2,1-3H3. The Balaban J connectivity index is 1.34. The van der Waals surface area contributed by atoms with Gasteiger partial charge in [-0.25, -0.2) is 0 Å². The zero-order valence-corrected chi connectivity index (χ0v) is 23.9. The molecule has 5 rings (SSSR count). The second kappa shape index (κ2) is 11.1. The third kappa shape index (κ3) is 5.77. The molecule has 0 aliphatic heterocycles. The van der Waals surface area contributed by atoms with Crippen LogP contribution in [0.3, 0.4) is 0 Å². The van der Waals surface area contributed by atoms with Gasteiger partial charge in [0, 0.05) is 0 Å². The van der Waals surface area contributed by atoms with Gasteiger partial charge in [0.1, 0.15) is 0 Å². The Hall–Kier alpha value is -3.87. The van der Waals surface area contributed by atoms with Crippen molar-refractivity contribution in [3.63, 3.8) is 0 Å². The third-order valence-corrected chi connectivity index (χ3v) is 8.64. The molecule has 3 nitrogen and oxygen atoms in total. The molecule has 0 aromatic heterocycles. The van der Waals surface area contributed by atoms with Gasteiger partial charge in [-0.15, -0.1) is 0 Å². The van der Waals surface area contributed by atoms with Crippen molar-refractivity contribution in [2.24, 2.45) is 0 Å². The van der Waals surface area contributed by atoms with Crippen molar-refractivity contribution in [1.82, 2.24) is 0 Å². The molecule has 0 fully saturated rings. The first-order valence-corrected chi connectivity index (χ1v) is 14.6. The van der Waals surface area contributed by atoms with E-state index in [1.807, 2.05) is 6.07 Å². The summed E-state index contributed by atoms with van der Waals surface area (Å²) in [5, 5.41) is 20.9. The SMILES string of the molecule is Cc1ccc(C2=CCC(C)(C)c3cc([Se]C#Cc4ccc(C(=O)C(O)c5ccccc5)c(O)c4)ccc32)cc1. The number of carbonyl (C=O) groups excluding carboxylic acids is 1. The van der Waals surface area contributed by atoms with Gasteiger partial charge in [0.25, 0.3) is 0 Å². The van der Waals surface area contributed by atoms with Crippen LogP contribution in [0.15, 0.2) is 97.1 Å². The molecule has 2 N–H and O–H groups in total. The molecule has 194 valence electrons. The summed E-state index contributed by atoms with van der Waals surface area (Å²) in [5.41, 5.74) is 7.66. The van der Waals surface area contributed by atoms with Crippen molar-refractivity contribution in [2.45, 2.75) is 38.7 Å². The molecule has 1 unspecified atom stereocenters. The number of ketones is 1. The number of phenols is 1. The van der Waals surface area contributed by atoms with Crippen LogP contribution in [0, 0.1) is 17.7 Å². The predicted molar refractivity (Wildman–Crippen MR) is 158 cm³/mol. The van der Waals surface area contributed by atoms with Crippen LogP contribution in [0.1, 0.15) is 70.1 Å². The van der Waals surface area contributed by atoms with E-state index < -0.39 is 11.9 Å². The Morgan fingerprint density at radius 1 is 0.949 bits per heavy atom. The average Bonchev–Trinajstić information content (AvgIpc) is 2.94.